The van der Waals surface area contributed by atoms with Crippen molar-refractivity contribution in [2.75, 3.05) is 0 Å². The van der Waals surface area contributed by atoms with E-state index in [1.54, 1.807) is 22.8 Å². The summed E-state index contributed by atoms with van der Waals surface area (Å²) >= 11 is 0. The van der Waals surface area contributed by atoms with Crippen LogP contribution in [0.1, 0.15) is 28.9 Å². The topological polar surface area (TPSA) is 58.7 Å². The molecule has 116 valence electrons. The van der Waals surface area contributed by atoms with Crippen LogP contribution in [-0.2, 0) is 6.54 Å². The summed E-state index contributed by atoms with van der Waals surface area (Å²) in [6.45, 7) is 2.71. The average molecular weight is 313 g/mol. The molecule has 0 saturated heterocycles. The Morgan fingerprint density at radius 3 is 2.88 bits per heavy atom. The molecule has 4 nitrogen and oxygen atoms in total. The maximum atomic E-state index is 12.7. The highest BCUT2D eigenvalue weighted by Gasteiger charge is 2.21. The van der Waals surface area contributed by atoms with E-state index in [0.717, 1.165) is 23.4 Å². The molecular weight excluding hydrogens is 298 g/mol. The minimum Gasteiger partial charge on any atom is -0.292 e. The van der Waals surface area contributed by atoms with Gasteiger partial charge in [-0.2, -0.15) is 5.26 Å². The summed E-state index contributed by atoms with van der Waals surface area (Å²) in [5.41, 5.74) is 4.48. The van der Waals surface area contributed by atoms with Gasteiger partial charge in [-0.05, 0) is 54.3 Å². The normalized spacial score (nSPS) is 14.8. The summed E-state index contributed by atoms with van der Waals surface area (Å²) < 4.78 is 1.72. The number of benzene rings is 2. The molecule has 3 aromatic rings. The fourth-order valence-corrected chi connectivity index (χ4v) is 3.16. The van der Waals surface area contributed by atoms with Crippen LogP contribution in [-0.4, -0.2) is 9.55 Å². The van der Waals surface area contributed by atoms with Crippen LogP contribution >= 0.6 is 0 Å². The molecule has 4 rings (SSSR count). The lowest BCUT2D eigenvalue weighted by Gasteiger charge is -2.06. The molecule has 0 spiro atoms. The first-order chi connectivity index (χ1) is 11.7. The molecule has 0 N–H and O–H groups in total. The van der Waals surface area contributed by atoms with E-state index >= 15 is 0 Å². The molecule has 0 radical (unpaired) electrons. The molecule has 24 heavy (non-hydrogen) atoms. The molecule has 0 aliphatic carbocycles. The smallest absolute Gasteiger partial charge is 0.261 e. The van der Waals surface area contributed by atoms with Crippen LogP contribution in [0.4, 0.5) is 0 Å². The third-order valence-corrected chi connectivity index (χ3v) is 4.49. The van der Waals surface area contributed by atoms with Crippen LogP contribution in [0.2, 0.25) is 0 Å². The summed E-state index contributed by atoms with van der Waals surface area (Å²) in [4.78, 5) is 17.4. The fraction of sp³-hybridized carbons (Fsp3) is 0.150. The lowest BCUT2D eigenvalue weighted by molar-refractivity contribution is 0.725. The zero-order chi connectivity index (χ0) is 16.7. The Hall–Kier alpha value is -3.19. The Labute approximate surface area is 139 Å². The summed E-state index contributed by atoms with van der Waals surface area (Å²) in [6.07, 6.45) is 2.91. The van der Waals surface area contributed by atoms with E-state index in [4.69, 9.17) is 5.26 Å². The van der Waals surface area contributed by atoms with Gasteiger partial charge in [0.15, 0.2) is 0 Å². The second-order valence-electron chi connectivity index (χ2n) is 6.01. The first-order valence-electron chi connectivity index (χ1n) is 7.88. The predicted molar refractivity (Wildman–Crippen MR) is 94.4 cm³/mol. The number of fused-ring (bicyclic) bond motifs is 2. The van der Waals surface area contributed by atoms with Crippen LogP contribution in [0.3, 0.4) is 0 Å². The summed E-state index contributed by atoms with van der Waals surface area (Å²) in [5, 5.41) is 9.53. The van der Waals surface area contributed by atoms with Crippen molar-refractivity contribution in [1.82, 2.24) is 9.55 Å². The standard InChI is InChI=1S/C20H15N3O/c1-13-4-2-3-5-15(13)11-16-8-9-23-19(16)22-18-7-6-14(12-21)10-17(18)20(23)24/h2-7,10-11H,8-9H2,1H3. The third kappa shape index (κ3) is 2.22. The Morgan fingerprint density at radius 1 is 1.25 bits per heavy atom. The Balaban J connectivity index is 1.92. The highest BCUT2D eigenvalue weighted by molar-refractivity contribution is 5.85. The first-order valence-corrected chi connectivity index (χ1v) is 7.88. The van der Waals surface area contributed by atoms with Crippen molar-refractivity contribution in [2.24, 2.45) is 0 Å². The highest BCUT2D eigenvalue weighted by atomic mass is 16.1. The van der Waals surface area contributed by atoms with Crippen LogP contribution in [0.15, 0.2) is 47.3 Å². The van der Waals surface area contributed by atoms with Gasteiger partial charge in [-0.1, -0.05) is 24.3 Å². The van der Waals surface area contributed by atoms with Gasteiger partial charge in [0.2, 0.25) is 0 Å². The molecular formula is C20H15N3O. The molecule has 2 aromatic carbocycles. The number of nitrogens with zero attached hydrogens (tertiary/aromatic N) is 3. The van der Waals surface area contributed by atoms with Crippen molar-refractivity contribution in [3.63, 3.8) is 0 Å². The number of aryl methyl sites for hydroxylation is 1. The first kappa shape index (κ1) is 14.4. The van der Waals surface area contributed by atoms with E-state index in [2.05, 4.69) is 36.2 Å². The average Bonchev–Trinajstić information content (AvgIpc) is 3.00. The van der Waals surface area contributed by atoms with Crippen LogP contribution in [0, 0.1) is 18.3 Å². The molecule has 0 unspecified atom stereocenters. The van der Waals surface area contributed by atoms with Crippen molar-refractivity contribution >= 4 is 22.6 Å². The molecule has 4 heteroatoms. The van der Waals surface area contributed by atoms with Gasteiger partial charge in [-0.25, -0.2) is 4.98 Å². The number of allylic oxidation sites excluding steroid dienone is 1. The summed E-state index contributed by atoms with van der Waals surface area (Å²) in [5.74, 6) is 0.737. The summed E-state index contributed by atoms with van der Waals surface area (Å²) in [6, 6.07) is 15.3. The number of rotatable bonds is 1. The van der Waals surface area contributed by atoms with Crippen molar-refractivity contribution in [2.45, 2.75) is 19.9 Å². The molecule has 0 atom stereocenters. The third-order valence-electron chi connectivity index (χ3n) is 4.49. The van der Waals surface area contributed by atoms with Gasteiger partial charge < -0.3 is 0 Å². The number of hydrogen-bond donors (Lipinski definition) is 0. The van der Waals surface area contributed by atoms with Crippen LogP contribution in [0.25, 0.3) is 22.6 Å². The maximum Gasteiger partial charge on any atom is 0.261 e. The van der Waals surface area contributed by atoms with Gasteiger partial charge in [-0.3, -0.25) is 9.36 Å². The zero-order valence-corrected chi connectivity index (χ0v) is 13.3. The Bertz CT molecular complexity index is 1100. The molecule has 1 aliphatic heterocycles. The predicted octanol–water partition coefficient (Wildman–Crippen LogP) is 3.52. The highest BCUT2D eigenvalue weighted by Crippen LogP contribution is 2.28. The van der Waals surface area contributed by atoms with Crippen molar-refractivity contribution in [3.8, 4) is 6.07 Å². The molecule has 1 aliphatic rings. The van der Waals surface area contributed by atoms with Gasteiger partial charge in [-0.15, -0.1) is 0 Å². The largest absolute Gasteiger partial charge is 0.292 e. The SMILES string of the molecule is Cc1ccccc1C=C1CCn2c1nc1ccc(C#N)cc1c2=O. The molecule has 0 amide bonds. The lowest BCUT2D eigenvalue weighted by atomic mass is 10.0. The van der Waals surface area contributed by atoms with E-state index in [9.17, 15) is 4.79 Å². The quantitative estimate of drug-likeness (QED) is 0.690. The van der Waals surface area contributed by atoms with Crippen LogP contribution < -0.4 is 5.56 Å². The molecule has 1 aromatic heterocycles. The second kappa shape index (κ2) is 5.47. The molecule has 2 heterocycles. The van der Waals surface area contributed by atoms with Crippen LogP contribution in [0.5, 0.6) is 0 Å². The number of aromatic nitrogens is 2. The van der Waals surface area contributed by atoms with E-state index in [0.29, 0.717) is 23.0 Å². The molecule has 0 fully saturated rings. The van der Waals surface area contributed by atoms with E-state index < -0.39 is 0 Å². The van der Waals surface area contributed by atoms with Gasteiger partial charge in [0.25, 0.3) is 5.56 Å². The monoisotopic (exact) mass is 313 g/mol. The van der Waals surface area contributed by atoms with E-state index in [1.807, 2.05) is 12.1 Å². The Morgan fingerprint density at radius 2 is 2.08 bits per heavy atom. The number of hydrogen-bond acceptors (Lipinski definition) is 3. The van der Waals surface area contributed by atoms with E-state index in [-0.39, 0.29) is 5.56 Å². The van der Waals surface area contributed by atoms with Crippen molar-refractivity contribution < 1.29 is 0 Å². The fourth-order valence-electron chi connectivity index (χ4n) is 3.16. The number of nitriles is 1. The molecule has 0 bridgehead atoms. The van der Waals surface area contributed by atoms with Crippen molar-refractivity contribution in [3.05, 3.63) is 75.3 Å². The van der Waals surface area contributed by atoms with Gasteiger partial charge in [0.1, 0.15) is 5.82 Å². The van der Waals surface area contributed by atoms with Crippen molar-refractivity contribution in [1.29, 1.82) is 5.26 Å². The van der Waals surface area contributed by atoms with Gasteiger partial charge >= 0.3 is 0 Å². The Kier molecular flexibility index (Phi) is 3.28. The maximum absolute atomic E-state index is 12.7. The minimum absolute atomic E-state index is 0.0692. The van der Waals surface area contributed by atoms with E-state index in [1.165, 1.54) is 5.56 Å². The van der Waals surface area contributed by atoms with Gasteiger partial charge in [0, 0.05) is 6.54 Å². The lowest BCUT2D eigenvalue weighted by Crippen LogP contribution is -2.20. The second-order valence-corrected chi connectivity index (χ2v) is 6.01. The minimum atomic E-state index is -0.0692. The zero-order valence-electron chi connectivity index (χ0n) is 13.3. The summed E-state index contributed by atoms with van der Waals surface area (Å²) in [7, 11) is 0. The van der Waals surface area contributed by atoms with Gasteiger partial charge in [0.05, 0.1) is 22.5 Å². The molecule has 0 saturated carbocycles.